The van der Waals surface area contributed by atoms with Gasteiger partial charge in [-0.05, 0) is 27.7 Å². The smallest absolute Gasteiger partial charge is 0.134 e. The monoisotopic (exact) mass is 182 g/mol. The Kier molecular flexibility index (Phi) is 2.62. The van der Waals surface area contributed by atoms with Gasteiger partial charge in [-0.3, -0.25) is 4.99 Å². The maximum Gasteiger partial charge on any atom is 0.134 e. The molecule has 0 amide bonds. The van der Waals surface area contributed by atoms with Gasteiger partial charge in [-0.1, -0.05) is 0 Å². The number of thiazole rings is 1. The molecule has 1 aromatic rings. The molecule has 0 unspecified atom stereocenters. The summed E-state index contributed by atoms with van der Waals surface area (Å²) in [6.45, 7) is 8.21. The summed E-state index contributed by atoms with van der Waals surface area (Å²) in [5, 5.41) is 3.02. The van der Waals surface area contributed by atoms with Gasteiger partial charge in [-0.2, -0.15) is 0 Å². The molecule has 1 rings (SSSR count). The molecule has 0 atom stereocenters. The van der Waals surface area contributed by atoms with Gasteiger partial charge >= 0.3 is 0 Å². The van der Waals surface area contributed by atoms with E-state index in [0.717, 1.165) is 10.7 Å². The van der Waals surface area contributed by atoms with Gasteiger partial charge in [-0.25, -0.2) is 4.98 Å². The fourth-order valence-electron chi connectivity index (χ4n) is 0.680. The SMILES string of the molecule is Cc1csc(/C=N\C(C)(C)C)n1. The summed E-state index contributed by atoms with van der Waals surface area (Å²) in [5.74, 6) is 0. The average Bonchev–Trinajstić information content (AvgIpc) is 2.30. The molecule has 2 nitrogen and oxygen atoms in total. The van der Waals surface area contributed by atoms with E-state index in [0.29, 0.717) is 0 Å². The maximum absolute atomic E-state index is 4.36. The third-order valence-electron chi connectivity index (χ3n) is 1.20. The van der Waals surface area contributed by atoms with Gasteiger partial charge in [0.25, 0.3) is 0 Å². The Labute approximate surface area is 77.4 Å². The number of aryl methyl sites for hydroxylation is 1. The molecule has 0 aliphatic carbocycles. The van der Waals surface area contributed by atoms with Gasteiger partial charge in [0.1, 0.15) is 5.01 Å². The van der Waals surface area contributed by atoms with Crippen molar-refractivity contribution in [1.82, 2.24) is 4.98 Å². The number of aromatic nitrogens is 1. The second-order valence-corrected chi connectivity index (χ2v) is 4.65. The lowest BCUT2D eigenvalue weighted by Crippen LogP contribution is -2.09. The van der Waals surface area contributed by atoms with Gasteiger partial charge in [0.2, 0.25) is 0 Å². The molecule has 1 heterocycles. The van der Waals surface area contributed by atoms with Gasteiger partial charge in [0.15, 0.2) is 0 Å². The third-order valence-corrected chi connectivity index (χ3v) is 2.10. The van der Waals surface area contributed by atoms with Crippen molar-refractivity contribution in [2.24, 2.45) is 4.99 Å². The largest absolute Gasteiger partial charge is 0.284 e. The Morgan fingerprint density at radius 1 is 1.50 bits per heavy atom. The summed E-state index contributed by atoms with van der Waals surface area (Å²) in [6, 6.07) is 0. The van der Waals surface area contributed by atoms with E-state index in [9.17, 15) is 0 Å². The van der Waals surface area contributed by atoms with Crippen molar-refractivity contribution in [3.05, 3.63) is 16.1 Å². The molecule has 0 fully saturated rings. The number of hydrogen-bond acceptors (Lipinski definition) is 3. The molecule has 0 spiro atoms. The summed E-state index contributed by atoms with van der Waals surface area (Å²) in [5.41, 5.74) is 1.06. The van der Waals surface area contributed by atoms with Gasteiger partial charge < -0.3 is 0 Å². The Balaban J connectivity index is 2.70. The third kappa shape index (κ3) is 3.13. The van der Waals surface area contributed by atoms with E-state index in [1.165, 1.54) is 0 Å². The van der Waals surface area contributed by atoms with Crippen LogP contribution in [-0.2, 0) is 0 Å². The van der Waals surface area contributed by atoms with E-state index in [2.05, 4.69) is 30.7 Å². The van der Waals surface area contributed by atoms with Crippen molar-refractivity contribution in [2.45, 2.75) is 33.2 Å². The summed E-state index contributed by atoms with van der Waals surface area (Å²) in [7, 11) is 0. The van der Waals surface area contributed by atoms with E-state index < -0.39 is 0 Å². The summed E-state index contributed by atoms with van der Waals surface area (Å²) in [4.78, 5) is 8.65. The fourth-order valence-corrected chi connectivity index (χ4v) is 1.33. The van der Waals surface area contributed by atoms with Gasteiger partial charge in [0, 0.05) is 11.1 Å². The lowest BCUT2D eigenvalue weighted by atomic mass is 10.1. The van der Waals surface area contributed by atoms with Crippen LogP contribution in [0.3, 0.4) is 0 Å². The van der Waals surface area contributed by atoms with Crippen LogP contribution < -0.4 is 0 Å². The molecular formula is C9H14N2S. The van der Waals surface area contributed by atoms with Crippen molar-refractivity contribution in [3.63, 3.8) is 0 Å². The summed E-state index contributed by atoms with van der Waals surface area (Å²) < 4.78 is 0. The van der Waals surface area contributed by atoms with Crippen molar-refractivity contribution in [1.29, 1.82) is 0 Å². The molecule has 0 aliphatic heterocycles. The Bertz CT molecular complexity index is 281. The quantitative estimate of drug-likeness (QED) is 0.613. The molecule has 0 N–H and O–H groups in total. The van der Waals surface area contributed by atoms with Crippen LogP contribution in [0.5, 0.6) is 0 Å². The first kappa shape index (κ1) is 9.39. The van der Waals surface area contributed by atoms with Gasteiger partial charge in [0.05, 0.1) is 11.8 Å². The fraction of sp³-hybridized carbons (Fsp3) is 0.556. The molecule has 0 saturated heterocycles. The second-order valence-electron chi connectivity index (χ2n) is 3.76. The molecule has 0 aromatic carbocycles. The van der Waals surface area contributed by atoms with E-state index in [4.69, 9.17) is 0 Å². The van der Waals surface area contributed by atoms with Crippen LogP contribution in [0.15, 0.2) is 10.4 Å². The average molecular weight is 182 g/mol. The van der Waals surface area contributed by atoms with E-state index in [1.54, 1.807) is 11.3 Å². The number of hydrogen-bond donors (Lipinski definition) is 0. The Hall–Kier alpha value is -0.700. The summed E-state index contributed by atoms with van der Waals surface area (Å²) >= 11 is 1.63. The first-order valence-electron chi connectivity index (χ1n) is 3.95. The maximum atomic E-state index is 4.36. The highest BCUT2D eigenvalue weighted by Gasteiger charge is 2.05. The van der Waals surface area contributed by atoms with Crippen LogP contribution in [0.4, 0.5) is 0 Å². The van der Waals surface area contributed by atoms with Crippen LogP contribution in [0.2, 0.25) is 0 Å². The highest BCUT2D eigenvalue weighted by molar-refractivity contribution is 7.11. The Morgan fingerprint density at radius 3 is 2.58 bits per heavy atom. The van der Waals surface area contributed by atoms with E-state index >= 15 is 0 Å². The van der Waals surface area contributed by atoms with E-state index in [-0.39, 0.29) is 5.54 Å². The zero-order chi connectivity index (χ0) is 9.19. The topological polar surface area (TPSA) is 25.2 Å². The van der Waals surface area contributed by atoms with Crippen molar-refractivity contribution >= 4 is 17.6 Å². The molecule has 3 heteroatoms. The zero-order valence-corrected chi connectivity index (χ0v) is 8.77. The van der Waals surface area contributed by atoms with Crippen LogP contribution >= 0.6 is 11.3 Å². The second kappa shape index (κ2) is 3.35. The molecule has 0 aliphatic rings. The van der Waals surface area contributed by atoms with Crippen LogP contribution in [0, 0.1) is 6.92 Å². The number of aliphatic imine (C=N–C) groups is 1. The minimum Gasteiger partial charge on any atom is -0.284 e. The number of nitrogens with zero attached hydrogens (tertiary/aromatic N) is 2. The lowest BCUT2D eigenvalue weighted by molar-refractivity contribution is 0.586. The molecule has 12 heavy (non-hydrogen) atoms. The van der Waals surface area contributed by atoms with Crippen LogP contribution in [0.1, 0.15) is 31.5 Å². The van der Waals surface area contributed by atoms with Crippen molar-refractivity contribution in [3.8, 4) is 0 Å². The first-order chi connectivity index (χ1) is 5.47. The number of rotatable bonds is 1. The van der Waals surface area contributed by atoms with Crippen LogP contribution in [-0.4, -0.2) is 16.7 Å². The van der Waals surface area contributed by atoms with Gasteiger partial charge in [-0.15, -0.1) is 11.3 Å². The predicted octanol–water partition coefficient (Wildman–Crippen LogP) is 2.67. The Morgan fingerprint density at radius 2 is 2.17 bits per heavy atom. The zero-order valence-electron chi connectivity index (χ0n) is 7.96. The standard InChI is InChI=1S/C9H14N2S/c1-7-6-12-8(11-7)5-10-9(2,3)4/h5-6H,1-4H3/b10-5-. The minimum atomic E-state index is -0.000422. The molecular weight excluding hydrogens is 168 g/mol. The highest BCUT2D eigenvalue weighted by atomic mass is 32.1. The van der Waals surface area contributed by atoms with E-state index in [1.807, 2.05) is 18.5 Å². The predicted molar refractivity (Wildman–Crippen MR) is 54.2 cm³/mol. The molecule has 66 valence electrons. The molecule has 0 saturated carbocycles. The van der Waals surface area contributed by atoms with Crippen molar-refractivity contribution in [2.75, 3.05) is 0 Å². The molecule has 0 bridgehead atoms. The minimum absolute atomic E-state index is 0.000422. The summed E-state index contributed by atoms with van der Waals surface area (Å²) in [6.07, 6.45) is 1.84. The molecule has 1 aromatic heterocycles. The van der Waals surface area contributed by atoms with Crippen LogP contribution in [0.25, 0.3) is 0 Å². The lowest BCUT2D eigenvalue weighted by Gasteiger charge is -2.09. The normalized spacial score (nSPS) is 12.7. The first-order valence-corrected chi connectivity index (χ1v) is 4.83. The van der Waals surface area contributed by atoms with Crippen molar-refractivity contribution < 1.29 is 0 Å². The highest BCUT2D eigenvalue weighted by Crippen LogP contribution is 2.09. The molecule has 0 radical (unpaired) electrons.